The first-order valence-corrected chi connectivity index (χ1v) is 2.50. The molecule has 0 heterocycles. The molecule has 4 heteroatoms. The van der Waals surface area contributed by atoms with Crippen LogP contribution in [0.5, 0.6) is 0 Å². The highest BCUT2D eigenvalue weighted by Gasteiger charge is 1.71. The largest absolute Gasteiger partial charge is 0.323 e. The minimum atomic E-state index is -2.12. The zero-order chi connectivity index (χ0) is 4.28. The quantitative estimate of drug-likeness (QED) is 0.465. The Morgan fingerprint density at radius 3 is 2.20 bits per heavy atom. The van der Waals surface area contributed by atoms with Crippen molar-refractivity contribution in [3.8, 4) is 0 Å². The summed E-state index contributed by atoms with van der Waals surface area (Å²) < 4.78 is 13.6. The van der Waals surface area contributed by atoms with E-state index in [4.69, 9.17) is 0 Å². The molecule has 32 valence electrons. The van der Waals surface area contributed by atoms with E-state index in [1.807, 2.05) is 0 Å². The maximum Gasteiger partial charge on any atom is 0.255 e. The summed E-state index contributed by atoms with van der Waals surface area (Å²) >= 11 is 0. The van der Waals surface area contributed by atoms with Crippen LogP contribution in [0.3, 0.4) is 0 Å². The molecule has 0 radical (unpaired) electrons. The predicted octanol–water partition coefficient (Wildman–Crippen LogP) is -0.0188. The van der Waals surface area contributed by atoms with Crippen molar-refractivity contribution >= 4 is 8.18 Å². The van der Waals surface area contributed by atoms with Crippen LogP contribution in [-0.2, 0) is 9.09 Å². The minimum Gasteiger partial charge on any atom is -0.323 e. The number of hydrogen-bond acceptors (Lipinski definition) is 2. The van der Waals surface area contributed by atoms with Gasteiger partial charge < -0.3 is 4.52 Å². The molecule has 1 atom stereocenters. The van der Waals surface area contributed by atoms with Gasteiger partial charge in [0.05, 0.1) is 0 Å². The summed E-state index contributed by atoms with van der Waals surface area (Å²) in [4.78, 5) is 0. The summed E-state index contributed by atoms with van der Waals surface area (Å²) in [6, 6.07) is 0. The Morgan fingerprint density at radius 2 is 2.20 bits per heavy atom. The summed E-state index contributed by atoms with van der Waals surface area (Å²) in [5, 5.41) is 0. The van der Waals surface area contributed by atoms with E-state index in [9.17, 15) is 4.57 Å². The topological polar surface area (TPSA) is 52.3 Å². The lowest BCUT2D eigenvalue weighted by Gasteiger charge is -1.80. The summed E-state index contributed by atoms with van der Waals surface area (Å²) in [6.07, 6.45) is 0. The van der Waals surface area contributed by atoms with E-state index in [0.29, 0.717) is 0 Å². The third-order valence-corrected chi connectivity index (χ3v) is 0.604. The molecule has 0 aliphatic rings. The summed E-state index contributed by atoms with van der Waals surface area (Å²) in [5.41, 5.74) is 4.62. The average molecular weight is 95.0 g/mol. The maximum absolute atomic E-state index is 9.55. The van der Waals surface area contributed by atoms with Gasteiger partial charge in [0.25, 0.3) is 8.18 Å². The second-order valence-corrected chi connectivity index (χ2v) is 1.57. The molecule has 0 aromatic carbocycles. The van der Waals surface area contributed by atoms with Crippen LogP contribution in [-0.4, -0.2) is 7.11 Å². The molecule has 0 aromatic rings. The van der Waals surface area contributed by atoms with Gasteiger partial charge in [-0.25, -0.2) is 0 Å². The lowest BCUT2D eigenvalue weighted by atomic mass is 11.8. The molecule has 0 saturated heterocycles. The van der Waals surface area contributed by atoms with Crippen molar-refractivity contribution in [3.05, 3.63) is 0 Å². The smallest absolute Gasteiger partial charge is 0.255 e. The van der Waals surface area contributed by atoms with Crippen LogP contribution in [0.4, 0.5) is 0 Å². The molecular formula is CH6NO2P. The van der Waals surface area contributed by atoms with E-state index >= 15 is 0 Å². The zero-order valence-electron chi connectivity index (χ0n) is 2.89. The van der Waals surface area contributed by atoms with Gasteiger partial charge in [0.2, 0.25) is 0 Å². The number of hydrogen-bond donors (Lipinski definition) is 1. The highest BCUT2D eigenvalue weighted by atomic mass is 31.1. The van der Waals surface area contributed by atoms with Crippen molar-refractivity contribution < 1.29 is 9.09 Å². The first-order valence-electron chi connectivity index (χ1n) is 1.11. The zero-order valence-corrected chi connectivity index (χ0v) is 3.89. The highest BCUT2D eigenvalue weighted by molar-refractivity contribution is 7.36. The molecular weight excluding hydrogens is 89.0 g/mol. The SMILES string of the molecule is CO[PH](N)=O. The third kappa shape index (κ3) is 4.15. The molecule has 0 bridgehead atoms. The van der Waals surface area contributed by atoms with Crippen LogP contribution in [0.25, 0.3) is 0 Å². The van der Waals surface area contributed by atoms with E-state index in [1.54, 1.807) is 0 Å². The van der Waals surface area contributed by atoms with Crippen LogP contribution in [0.1, 0.15) is 0 Å². The molecule has 0 rings (SSSR count). The van der Waals surface area contributed by atoms with Crippen molar-refractivity contribution in [1.29, 1.82) is 0 Å². The van der Waals surface area contributed by atoms with Gasteiger partial charge in [0.1, 0.15) is 0 Å². The average Bonchev–Trinajstić information content (AvgIpc) is 1.38. The van der Waals surface area contributed by atoms with Crippen LogP contribution in [0.2, 0.25) is 0 Å². The van der Waals surface area contributed by atoms with Gasteiger partial charge >= 0.3 is 0 Å². The van der Waals surface area contributed by atoms with Crippen molar-refractivity contribution in [2.45, 2.75) is 0 Å². The van der Waals surface area contributed by atoms with Crippen molar-refractivity contribution in [2.24, 2.45) is 5.50 Å². The van der Waals surface area contributed by atoms with Crippen LogP contribution < -0.4 is 5.50 Å². The molecule has 1 unspecified atom stereocenters. The molecule has 0 aliphatic heterocycles. The molecule has 3 nitrogen and oxygen atoms in total. The second-order valence-electron chi connectivity index (χ2n) is 0.523. The van der Waals surface area contributed by atoms with E-state index < -0.39 is 8.18 Å². The summed E-state index contributed by atoms with van der Waals surface area (Å²) in [7, 11) is -0.817. The van der Waals surface area contributed by atoms with Crippen molar-refractivity contribution in [1.82, 2.24) is 0 Å². The molecule has 0 fully saturated rings. The number of rotatable bonds is 1. The van der Waals surface area contributed by atoms with Crippen LogP contribution >= 0.6 is 8.18 Å². The first kappa shape index (κ1) is 5.15. The normalized spacial score (nSPS) is 14.8. The first-order chi connectivity index (χ1) is 2.27. The fourth-order valence-electron chi connectivity index (χ4n) is 0. The Bertz CT molecular complexity index is 44.9. The Kier molecular flexibility index (Phi) is 2.46. The second kappa shape index (κ2) is 2.39. The van der Waals surface area contributed by atoms with Gasteiger partial charge in [-0.05, 0) is 0 Å². The van der Waals surface area contributed by atoms with Crippen molar-refractivity contribution in [2.75, 3.05) is 7.11 Å². The molecule has 0 aliphatic carbocycles. The van der Waals surface area contributed by atoms with Crippen LogP contribution in [0, 0.1) is 0 Å². The van der Waals surface area contributed by atoms with Gasteiger partial charge in [0, 0.05) is 7.11 Å². The standard InChI is InChI=1S/CH6NO2P/c1-4-5(2)3/h5H,1H3,(H2,2,3). The van der Waals surface area contributed by atoms with Gasteiger partial charge in [-0.2, -0.15) is 0 Å². The Hall–Kier alpha value is 0.150. The fraction of sp³-hybridized carbons (Fsp3) is 1.00. The Morgan fingerprint density at radius 1 is 2.00 bits per heavy atom. The Labute approximate surface area is 31.0 Å². The number of nitrogens with two attached hydrogens (primary N) is 1. The van der Waals surface area contributed by atoms with Gasteiger partial charge in [0.15, 0.2) is 0 Å². The lowest BCUT2D eigenvalue weighted by Crippen LogP contribution is -1.76. The molecule has 0 spiro atoms. The summed E-state index contributed by atoms with van der Waals surface area (Å²) in [5.74, 6) is 0. The minimum absolute atomic E-state index is 1.31. The van der Waals surface area contributed by atoms with Gasteiger partial charge in [-0.1, -0.05) is 0 Å². The molecule has 0 amide bonds. The Balaban J connectivity index is 2.85. The molecule has 0 aromatic heterocycles. The van der Waals surface area contributed by atoms with E-state index in [0.717, 1.165) is 0 Å². The molecule has 2 N–H and O–H groups in total. The monoisotopic (exact) mass is 95.0 g/mol. The van der Waals surface area contributed by atoms with Gasteiger partial charge in [-0.3, -0.25) is 10.1 Å². The third-order valence-electron chi connectivity index (χ3n) is 0.201. The molecule has 5 heavy (non-hydrogen) atoms. The van der Waals surface area contributed by atoms with E-state index in [2.05, 4.69) is 10.0 Å². The highest BCUT2D eigenvalue weighted by Crippen LogP contribution is 2.03. The van der Waals surface area contributed by atoms with E-state index in [-0.39, 0.29) is 0 Å². The molecule has 0 saturated carbocycles. The predicted molar refractivity (Wildman–Crippen MR) is 20.2 cm³/mol. The van der Waals surface area contributed by atoms with Crippen LogP contribution in [0.15, 0.2) is 0 Å². The lowest BCUT2D eigenvalue weighted by molar-refractivity contribution is 0.416. The maximum atomic E-state index is 9.55. The van der Waals surface area contributed by atoms with Crippen molar-refractivity contribution in [3.63, 3.8) is 0 Å². The van der Waals surface area contributed by atoms with Gasteiger partial charge in [-0.15, -0.1) is 0 Å². The summed E-state index contributed by atoms with van der Waals surface area (Å²) in [6.45, 7) is 0. The van der Waals surface area contributed by atoms with E-state index in [1.165, 1.54) is 7.11 Å². The fourth-order valence-corrected chi connectivity index (χ4v) is 0.